The van der Waals surface area contributed by atoms with Gasteiger partial charge in [0, 0.05) is 29.5 Å². The molecule has 0 saturated carbocycles. The summed E-state index contributed by atoms with van der Waals surface area (Å²) < 4.78 is 12.1. The van der Waals surface area contributed by atoms with Crippen molar-refractivity contribution in [2.24, 2.45) is 5.11 Å². The second-order valence-electron chi connectivity index (χ2n) is 5.55. The Labute approximate surface area is 137 Å². The smallest absolute Gasteiger partial charge is 0.330 e. The Morgan fingerprint density at radius 1 is 1.58 bits per heavy atom. The van der Waals surface area contributed by atoms with Gasteiger partial charge >= 0.3 is 11.7 Å². The summed E-state index contributed by atoms with van der Waals surface area (Å²) in [4.78, 5) is 39.8. The SMILES string of the molecule is CCCC(=O)OC[C@H]1O[C@@H](n2cc(C)c(=O)[nH]c2=O)C[C@@H]1N=[N+]=[N-]. The van der Waals surface area contributed by atoms with Gasteiger partial charge in [-0.3, -0.25) is 19.1 Å². The molecule has 0 spiro atoms. The average Bonchev–Trinajstić information content (AvgIpc) is 2.92. The lowest BCUT2D eigenvalue weighted by Gasteiger charge is -2.16. The molecule has 1 fully saturated rings. The van der Waals surface area contributed by atoms with Crippen molar-refractivity contribution >= 4 is 5.97 Å². The topological polar surface area (TPSA) is 139 Å². The normalized spacial score (nSPS) is 22.8. The number of carbonyl (C=O) groups is 1. The van der Waals surface area contributed by atoms with Crippen LogP contribution in [0.2, 0.25) is 0 Å². The molecule has 1 aromatic rings. The lowest BCUT2D eigenvalue weighted by atomic mass is 10.1. The van der Waals surface area contributed by atoms with Gasteiger partial charge in [0.2, 0.25) is 0 Å². The summed E-state index contributed by atoms with van der Waals surface area (Å²) in [6, 6.07) is -0.575. The number of hydrogen-bond acceptors (Lipinski definition) is 6. The summed E-state index contributed by atoms with van der Waals surface area (Å²) in [6.07, 6.45) is 1.24. The number of aryl methyl sites for hydroxylation is 1. The minimum atomic E-state index is -0.710. The number of nitrogens with zero attached hydrogens (tertiary/aromatic N) is 4. The van der Waals surface area contributed by atoms with Crippen molar-refractivity contribution < 1.29 is 14.3 Å². The second kappa shape index (κ2) is 7.80. The van der Waals surface area contributed by atoms with Crippen LogP contribution in [0.15, 0.2) is 20.9 Å². The van der Waals surface area contributed by atoms with Gasteiger partial charge in [0.15, 0.2) is 0 Å². The number of ether oxygens (including phenoxy) is 2. The van der Waals surface area contributed by atoms with Gasteiger partial charge in [-0.05, 0) is 18.9 Å². The van der Waals surface area contributed by atoms with Gasteiger partial charge in [0.05, 0.1) is 6.04 Å². The first-order valence-corrected chi connectivity index (χ1v) is 7.63. The number of azide groups is 1. The predicted molar refractivity (Wildman–Crippen MR) is 83.4 cm³/mol. The summed E-state index contributed by atoms with van der Waals surface area (Å²) in [6.45, 7) is 3.37. The van der Waals surface area contributed by atoms with Crippen molar-refractivity contribution in [1.82, 2.24) is 9.55 Å². The minimum Gasteiger partial charge on any atom is -0.463 e. The first kappa shape index (κ1) is 17.8. The van der Waals surface area contributed by atoms with E-state index in [1.165, 1.54) is 10.8 Å². The molecular formula is C14H19N5O5. The molecule has 10 heteroatoms. The molecule has 1 aromatic heterocycles. The summed E-state index contributed by atoms with van der Waals surface area (Å²) in [5, 5.41) is 3.65. The lowest BCUT2D eigenvalue weighted by Crippen LogP contribution is -2.33. The molecule has 0 aromatic carbocycles. The van der Waals surface area contributed by atoms with Gasteiger partial charge in [-0.2, -0.15) is 0 Å². The van der Waals surface area contributed by atoms with Crippen LogP contribution in [0, 0.1) is 6.92 Å². The van der Waals surface area contributed by atoms with Crippen molar-refractivity contribution in [3.8, 4) is 0 Å². The molecule has 0 aliphatic carbocycles. The Bertz CT molecular complexity index is 764. The summed E-state index contributed by atoms with van der Waals surface area (Å²) >= 11 is 0. The highest BCUT2D eigenvalue weighted by Gasteiger charge is 2.37. The zero-order valence-corrected chi connectivity index (χ0v) is 13.5. The average molecular weight is 337 g/mol. The maximum atomic E-state index is 11.9. The number of H-pyrrole nitrogens is 1. The molecule has 2 rings (SSSR count). The Kier molecular flexibility index (Phi) is 5.78. The molecule has 10 nitrogen and oxygen atoms in total. The van der Waals surface area contributed by atoms with Crippen LogP contribution in [0.3, 0.4) is 0 Å². The van der Waals surface area contributed by atoms with E-state index in [2.05, 4.69) is 15.0 Å². The van der Waals surface area contributed by atoms with E-state index in [1.54, 1.807) is 6.92 Å². The molecule has 2 heterocycles. The number of aromatic amines is 1. The minimum absolute atomic E-state index is 0.0594. The third-order valence-electron chi connectivity index (χ3n) is 3.72. The third-order valence-corrected chi connectivity index (χ3v) is 3.72. The summed E-state index contributed by atoms with van der Waals surface area (Å²) in [7, 11) is 0. The van der Waals surface area contributed by atoms with Crippen LogP contribution in [0.25, 0.3) is 10.4 Å². The highest BCUT2D eigenvalue weighted by molar-refractivity contribution is 5.69. The Hall–Kier alpha value is -2.58. The number of rotatable bonds is 6. The van der Waals surface area contributed by atoms with Gasteiger partial charge in [-0.15, -0.1) is 0 Å². The van der Waals surface area contributed by atoms with Crippen LogP contribution in [0.4, 0.5) is 0 Å². The number of aromatic nitrogens is 2. The van der Waals surface area contributed by atoms with Crippen molar-refractivity contribution in [3.63, 3.8) is 0 Å². The van der Waals surface area contributed by atoms with Crippen molar-refractivity contribution in [1.29, 1.82) is 0 Å². The zero-order chi connectivity index (χ0) is 17.7. The molecule has 24 heavy (non-hydrogen) atoms. The van der Waals surface area contributed by atoms with Gasteiger partial charge < -0.3 is 9.47 Å². The standard InChI is InChI=1S/C14H19N5O5/c1-3-4-12(20)23-7-10-9(17-18-15)5-11(24-10)19-6-8(2)13(21)16-14(19)22/h6,9-11H,3-5,7H2,1-2H3,(H,16,21,22)/t9-,10+,11+/m0/s1. The van der Waals surface area contributed by atoms with Crippen molar-refractivity contribution in [3.05, 3.63) is 43.0 Å². The predicted octanol–water partition coefficient (Wildman–Crippen LogP) is 1.15. The highest BCUT2D eigenvalue weighted by Crippen LogP contribution is 2.30. The van der Waals surface area contributed by atoms with Crippen LogP contribution >= 0.6 is 0 Å². The van der Waals surface area contributed by atoms with Crippen LogP contribution in [-0.4, -0.2) is 34.3 Å². The number of hydrogen-bond donors (Lipinski definition) is 1. The molecule has 0 unspecified atom stereocenters. The monoisotopic (exact) mass is 337 g/mol. The van der Waals surface area contributed by atoms with E-state index in [0.717, 1.165) is 0 Å². The molecule has 1 N–H and O–H groups in total. The van der Waals surface area contributed by atoms with Crippen LogP contribution in [0.1, 0.15) is 38.0 Å². The van der Waals surface area contributed by atoms with Gasteiger partial charge in [-0.25, -0.2) is 4.79 Å². The van der Waals surface area contributed by atoms with E-state index >= 15 is 0 Å². The van der Waals surface area contributed by atoms with Gasteiger partial charge in [0.1, 0.15) is 18.9 Å². The summed E-state index contributed by atoms with van der Waals surface area (Å²) in [5.41, 5.74) is 7.96. The van der Waals surface area contributed by atoms with Crippen LogP contribution < -0.4 is 11.2 Å². The fourth-order valence-corrected chi connectivity index (χ4v) is 2.48. The first-order chi connectivity index (χ1) is 11.5. The Balaban J connectivity index is 2.16. The molecule has 1 saturated heterocycles. The molecule has 0 bridgehead atoms. The Morgan fingerprint density at radius 3 is 3.00 bits per heavy atom. The highest BCUT2D eigenvalue weighted by atomic mass is 16.6. The van der Waals surface area contributed by atoms with E-state index in [1.807, 2.05) is 6.92 Å². The molecule has 1 aliphatic heterocycles. The molecule has 0 radical (unpaired) electrons. The fraction of sp³-hybridized carbons (Fsp3) is 0.643. The van der Waals surface area contributed by atoms with E-state index in [-0.39, 0.29) is 19.0 Å². The largest absolute Gasteiger partial charge is 0.463 e. The second-order valence-corrected chi connectivity index (χ2v) is 5.55. The molecule has 0 amide bonds. The molecular weight excluding hydrogens is 318 g/mol. The molecule has 3 atom stereocenters. The Morgan fingerprint density at radius 2 is 2.33 bits per heavy atom. The zero-order valence-electron chi connectivity index (χ0n) is 13.5. The number of carbonyl (C=O) groups excluding carboxylic acids is 1. The number of esters is 1. The van der Waals surface area contributed by atoms with Crippen LogP contribution in [-0.2, 0) is 14.3 Å². The van der Waals surface area contributed by atoms with Crippen LogP contribution in [0.5, 0.6) is 0 Å². The molecule has 1 aliphatic rings. The van der Waals surface area contributed by atoms with E-state index < -0.39 is 29.6 Å². The third kappa shape index (κ3) is 4.03. The number of nitrogens with one attached hydrogen (secondary N) is 1. The van der Waals surface area contributed by atoms with E-state index in [4.69, 9.17) is 15.0 Å². The maximum absolute atomic E-state index is 11.9. The molecule has 130 valence electrons. The quantitative estimate of drug-likeness (QED) is 0.359. The van der Waals surface area contributed by atoms with E-state index in [0.29, 0.717) is 18.4 Å². The van der Waals surface area contributed by atoms with E-state index in [9.17, 15) is 14.4 Å². The van der Waals surface area contributed by atoms with Crippen molar-refractivity contribution in [2.45, 2.75) is 51.5 Å². The van der Waals surface area contributed by atoms with Gasteiger partial charge in [-0.1, -0.05) is 12.0 Å². The summed E-state index contributed by atoms with van der Waals surface area (Å²) in [5.74, 6) is -0.360. The van der Waals surface area contributed by atoms with Gasteiger partial charge in [0.25, 0.3) is 5.56 Å². The maximum Gasteiger partial charge on any atom is 0.330 e. The fourth-order valence-electron chi connectivity index (χ4n) is 2.48. The first-order valence-electron chi connectivity index (χ1n) is 7.63. The lowest BCUT2D eigenvalue weighted by molar-refractivity contribution is -0.148. The van der Waals surface area contributed by atoms with Crippen molar-refractivity contribution in [2.75, 3.05) is 6.61 Å².